The molecule has 1 aliphatic rings. The summed E-state index contributed by atoms with van der Waals surface area (Å²) in [6.07, 6.45) is 8.06. The van der Waals surface area contributed by atoms with Crippen LogP contribution < -0.4 is 0 Å². The number of hydrogen-bond acceptors (Lipinski definition) is 0. The van der Waals surface area contributed by atoms with E-state index in [1.807, 2.05) is 0 Å². The summed E-state index contributed by atoms with van der Waals surface area (Å²) >= 11 is 0. The molecule has 0 bridgehead atoms. The van der Waals surface area contributed by atoms with E-state index in [4.69, 9.17) is 0 Å². The molecule has 1 aliphatic carbocycles. The third-order valence-corrected chi connectivity index (χ3v) is 12.8. The molecule has 298 valence electrons. The van der Waals surface area contributed by atoms with Crippen molar-refractivity contribution in [2.75, 3.05) is 0 Å². The first-order valence-corrected chi connectivity index (χ1v) is 22.1. The van der Waals surface area contributed by atoms with E-state index in [-0.39, 0.29) is 0 Å². The fraction of sp³-hybridized carbons (Fsp3) is 0.0476. The number of rotatable bonds is 8. The molecule has 0 fully saturated rings. The molecule has 0 nitrogen and oxygen atoms in total. The van der Waals surface area contributed by atoms with Crippen molar-refractivity contribution in [2.24, 2.45) is 5.92 Å². The monoisotopic (exact) mass is 802 g/mol. The van der Waals surface area contributed by atoms with Gasteiger partial charge in [0.15, 0.2) is 0 Å². The zero-order valence-corrected chi connectivity index (χ0v) is 35.4. The molecular weight excluding hydrogens is 757 g/mol. The molecule has 10 aromatic rings. The number of hydrogen-bond donors (Lipinski definition) is 0. The molecule has 0 aromatic heterocycles. The quantitative estimate of drug-likeness (QED) is 0.134. The maximum atomic E-state index is 2.42. The van der Waals surface area contributed by atoms with Crippen LogP contribution in [0.2, 0.25) is 0 Å². The summed E-state index contributed by atoms with van der Waals surface area (Å²) in [6, 6.07) is 82.7. The summed E-state index contributed by atoms with van der Waals surface area (Å²) in [6.45, 7) is 2.28. The van der Waals surface area contributed by atoms with Gasteiger partial charge in [-0.1, -0.05) is 207 Å². The summed E-state index contributed by atoms with van der Waals surface area (Å²) in [5, 5.41) is 5.00. The van der Waals surface area contributed by atoms with Gasteiger partial charge in [0.25, 0.3) is 0 Å². The predicted molar refractivity (Wildman–Crippen MR) is 270 cm³/mol. The zero-order valence-electron chi connectivity index (χ0n) is 35.4. The van der Waals surface area contributed by atoms with Gasteiger partial charge in [-0.25, -0.2) is 0 Å². The van der Waals surface area contributed by atoms with Crippen LogP contribution in [-0.2, 0) is 0 Å². The van der Waals surface area contributed by atoms with Crippen molar-refractivity contribution in [3.8, 4) is 77.9 Å². The molecule has 0 spiro atoms. The molecule has 11 rings (SSSR count). The highest BCUT2D eigenvalue weighted by atomic mass is 14.2. The van der Waals surface area contributed by atoms with Gasteiger partial charge in [0, 0.05) is 0 Å². The van der Waals surface area contributed by atoms with Crippen LogP contribution in [0.3, 0.4) is 0 Å². The van der Waals surface area contributed by atoms with Crippen LogP contribution in [0.25, 0.3) is 105 Å². The SMILES string of the molecule is CC1C=CC(c2cccc(-c3cccc(-c4cc(-c5cccc(-c6cccc(-c7ccccc7)c6)c5)cc(-c5c6ccccc6c(-c6ccccc6)c6ccccc56)c4)c3)c2)=CC1. The van der Waals surface area contributed by atoms with Crippen LogP contribution >= 0.6 is 0 Å². The highest BCUT2D eigenvalue weighted by Gasteiger charge is 2.19. The van der Waals surface area contributed by atoms with Crippen molar-refractivity contribution in [2.45, 2.75) is 13.3 Å². The third-order valence-electron chi connectivity index (χ3n) is 12.8. The summed E-state index contributed by atoms with van der Waals surface area (Å²) in [5.41, 5.74) is 19.5. The maximum Gasteiger partial charge on any atom is -0.00259 e. The lowest BCUT2D eigenvalue weighted by Gasteiger charge is -2.19. The first-order chi connectivity index (χ1) is 31.1. The van der Waals surface area contributed by atoms with E-state index < -0.39 is 0 Å². The molecule has 0 saturated heterocycles. The lowest BCUT2D eigenvalue weighted by Crippen LogP contribution is -1.94. The van der Waals surface area contributed by atoms with Crippen molar-refractivity contribution < 1.29 is 0 Å². The van der Waals surface area contributed by atoms with E-state index in [0.717, 1.165) is 6.42 Å². The topological polar surface area (TPSA) is 0 Å². The van der Waals surface area contributed by atoms with Gasteiger partial charge in [-0.2, -0.15) is 0 Å². The molecule has 0 heterocycles. The summed E-state index contributed by atoms with van der Waals surface area (Å²) in [4.78, 5) is 0. The molecule has 1 unspecified atom stereocenters. The fourth-order valence-electron chi connectivity index (χ4n) is 9.55. The Labute approximate surface area is 370 Å². The molecule has 10 aromatic carbocycles. The van der Waals surface area contributed by atoms with Crippen LogP contribution in [0, 0.1) is 5.92 Å². The van der Waals surface area contributed by atoms with Crippen molar-refractivity contribution in [3.63, 3.8) is 0 Å². The Hall–Kier alpha value is -7.80. The Balaban J connectivity index is 1.10. The average molecular weight is 803 g/mol. The van der Waals surface area contributed by atoms with Crippen molar-refractivity contribution in [3.05, 3.63) is 248 Å². The molecule has 1 atom stereocenters. The van der Waals surface area contributed by atoms with E-state index in [9.17, 15) is 0 Å². The number of benzene rings is 10. The first kappa shape index (κ1) is 38.1. The third kappa shape index (κ3) is 7.51. The van der Waals surface area contributed by atoms with Gasteiger partial charge in [-0.3, -0.25) is 0 Å². The average Bonchev–Trinajstić information content (AvgIpc) is 3.36. The Morgan fingerprint density at radius 1 is 0.286 bits per heavy atom. The maximum absolute atomic E-state index is 2.42. The smallest absolute Gasteiger partial charge is 0.00259 e. The van der Waals surface area contributed by atoms with Crippen LogP contribution in [0.15, 0.2) is 243 Å². The van der Waals surface area contributed by atoms with Gasteiger partial charge in [0.1, 0.15) is 0 Å². The molecule has 63 heavy (non-hydrogen) atoms. The van der Waals surface area contributed by atoms with Crippen LogP contribution in [0.4, 0.5) is 0 Å². The van der Waals surface area contributed by atoms with Gasteiger partial charge in [0.2, 0.25) is 0 Å². The molecule has 0 heteroatoms. The van der Waals surface area contributed by atoms with Crippen LogP contribution in [0.1, 0.15) is 18.9 Å². The van der Waals surface area contributed by atoms with Gasteiger partial charge >= 0.3 is 0 Å². The van der Waals surface area contributed by atoms with Crippen molar-refractivity contribution in [1.29, 1.82) is 0 Å². The second-order valence-corrected chi connectivity index (χ2v) is 16.9. The second-order valence-electron chi connectivity index (χ2n) is 16.9. The minimum atomic E-state index is 0.584. The van der Waals surface area contributed by atoms with Gasteiger partial charge in [-0.15, -0.1) is 0 Å². The van der Waals surface area contributed by atoms with E-state index in [1.54, 1.807) is 0 Å². The van der Waals surface area contributed by atoms with E-state index in [0.29, 0.717) is 5.92 Å². The highest BCUT2D eigenvalue weighted by Crippen LogP contribution is 2.46. The molecule has 0 aliphatic heterocycles. The molecular formula is C63H46. The van der Waals surface area contributed by atoms with Gasteiger partial charge in [0.05, 0.1) is 0 Å². The fourth-order valence-corrected chi connectivity index (χ4v) is 9.55. The van der Waals surface area contributed by atoms with Crippen LogP contribution in [0.5, 0.6) is 0 Å². The molecule has 0 amide bonds. The summed E-state index contributed by atoms with van der Waals surface area (Å²) in [5.74, 6) is 0.584. The minimum Gasteiger partial charge on any atom is -0.0808 e. The Bertz CT molecular complexity index is 3310. The highest BCUT2D eigenvalue weighted by molar-refractivity contribution is 6.21. The second kappa shape index (κ2) is 16.6. The normalized spacial score (nSPS) is 13.6. The molecule has 0 saturated carbocycles. The summed E-state index contributed by atoms with van der Waals surface area (Å²) in [7, 11) is 0. The predicted octanol–water partition coefficient (Wildman–Crippen LogP) is 17.6. The largest absolute Gasteiger partial charge is 0.0808 e. The standard InChI is InChI=1S/C63H46/c1-43-32-34-45(35-33-43)48-21-13-23-50(37-48)52-25-15-27-54(39-52)56-40-55(53-26-14-24-51(38-53)49-22-12-20-47(36-49)44-16-4-2-5-17-44)41-57(42-56)63-60-30-10-8-28-58(60)62(46-18-6-3-7-19-46)59-29-9-11-31-61(59)63/h2-32,34-43H,33H2,1H3. The van der Waals surface area contributed by atoms with E-state index in [1.165, 1.54) is 111 Å². The van der Waals surface area contributed by atoms with Crippen molar-refractivity contribution >= 4 is 27.1 Å². The first-order valence-electron chi connectivity index (χ1n) is 22.1. The molecule has 0 N–H and O–H groups in total. The lowest BCUT2D eigenvalue weighted by molar-refractivity contribution is 0.739. The number of fused-ring (bicyclic) bond motifs is 2. The Morgan fingerprint density at radius 3 is 1.05 bits per heavy atom. The minimum absolute atomic E-state index is 0.584. The van der Waals surface area contributed by atoms with Gasteiger partial charge < -0.3 is 0 Å². The van der Waals surface area contributed by atoms with E-state index >= 15 is 0 Å². The zero-order chi connectivity index (χ0) is 42.1. The summed E-state index contributed by atoms with van der Waals surface area (Å²) < 4.78 is 0. The Kier molecular flexibility index (Phi) is 10.0. The lowest BCUT2D eigenvalue weighted by atomic mass is 9.84. The van der Waals surface area contributed by atoms with E-state index in [2.05, 4.69) is 250 Å². The Morgan fingerprint density at radius 2 is 0.603 bits per heavy atom. The van der Waals surface area contributed by atoms with Crippen molar-refractivity contribution in [1.82, 2.24) is 0 Å². The van der Waals surface area contributed by atoms with Gasteiger partial charge in [-0.05, 0) is 165 Å². The van der Waals surface area contributed by atoms with Crippen LogP contribution in [-0.4, -0.2) is 0 Å². The molecule has 0 radical (unpaired) electrons. The number of allylic oxidation sites excluding steroid dienone is 4.